The lowest BCUT2D eigenvalue weighted by molar-refractivity contribution is -0.0530. The van der Waals surface area contributed by atoms with Crippen molar-refractivity contribution in [3.8, 4) is 0 Å². The van der Waals surface area contributed by atoms with Crippen molar-refractivity contribution in [2.75, 3.05) is 37.8 Å². The van der Waals surface area contributed by atoms with Crippen LogP contribution in [0, 0.1) is 6.92 Å². The molecule has 2 aromatic rings. The molecule has 7 heteroatoms. The molecule has 7 nitrogen and oxygen atoms in total. The van der Waals surface area contributed by atoms with E-state index in [0.29, 0.717) is 6.61 Å². The number of nitrogens with zero attached hydrogens (tertiary/aromatic N) is 5. The third kappa shape index (κ3) is 2.07. The van der Waals surface area contributed by atoms with Gasteiger partial charge < -0.3 is 18.9 Å². The van der Waals surface area contributed by atoms with Crippen LogP contribution < -0.4 is 4.90 Å². The largest absolute Gasteiger partial charge is 0.378 e. The van der Waals surface area contributed by atoms with Crippen LogP contribution in [0.15, 0.2) is 0 Å². The van der Waals surface area contributed by atoms with Crippen molar-refractivity contribution in [3.05, 3.63) is 11.6 Å². The second-order valence-electron chi connectivity index (χ2n) is 6.31. The molecule has 0 aliphatic carbocycles. The molecule has 2 aliphatic rings. The number of imidazole rings is 1. The van der Waals surface area contributed by atoms with Crippen molar-refractivity contribution in [1.82, 2.24) is 19.5 Å². The Labute approximate surface area is 129 Å². The van der Waals surface area contributed by atoms with Crippen LogP contribution in [0.4, 0.5) is 5.82 Å². The first kappa shape index (κ1) is 13.9. The van der Waals surface area contributed by atoms with Gasteiger partial charge in [-0.05, 0) is 20.8 Å². The van der Waals surface area contributed by atoms with Gasteiger partial charge >= 0.3 is 0 Å². The second-order valence-corrected chi connectivity index (χ2v) is 6.31. The van der Waals surface area contributed by atoms with Crippen LogP contribution in [0.1, 0.15) is 25.5 Å². The number of ether oxygens (including phenoxy) is 2. The number of hydrogen-bond donors (Lipinski definition) is 0. The zero-order valence-electron chi connectivity index (χ0n) is 13.3. The average molecular weight is 303 g/mol. The summed E-state index contributed by atoms with van der Waals surface area (Å²) < 4.78 is 13.5. The van der Waals surface area contributed by atoms with Crippen LogP contribution in [0.3, 0.4) is 0 Å². The number of rotatable bonds is 1. The van der Waals surface area contributed by atoms with E-state index in [9.17, 15) is 0 Å². The quantitative estimate of drug-likeness (QED) is 0.789. The summed E-state index contributed by atoms with van der Waals surface area (Å²) in [5.74, 6) is 2.63. The zero-order valence-corrected chi connectivity index (χ0v) is 13.3. The highest BCUT2D eigenvalue weighted by molar-refractivity contribution is 5.84. The lowest BCUT2D eigenvalue weighted by atomic mass is 10.1. The minimum atomic E-state index is -0.394. The Morgan fingerprint density at radius 3 is 2.55 bits per heavy atom. The van der Waals surface area contributed by atoms with Gasteiger partial charge in [0, 0.05) is 19.6 Å². The molecule has 0 spiro atoms. The number of morpholine rings is 1. The van der Waals surface area contributed by atoms with Crippen molar-refractivity contribution in [2.45, 2.75) is 32.9 Å². The van der Waals surface area contributed by atoms with Gasteiger partial charge in [0.05, 0.1) is 19.8 Å². The van der Waals surface area contributed by atoms with Crippen molar-refractivity contribution in [2.24, 2.45) is 0 Å². The maximum atomic E-state index is 5.87. The molecule has 4 rings (SSSR count). The summed E-state index contributed by atoms with van der Waals surface area (Å²) in [6.45, 7) is 10.7. The number of hydrogen-bond acceptors (Lipinski definition) is 6. The van der Waals surface area contributed by atoms with Gasteiger partial charge in [0.25, 0.3) is 0 Å². The van der Waals surface area contributed by atoms with Crippen LogP contribution in [0.2, 0.25) is 0 Å². The molecular weight excluding hydrogens is 282 g/mol. The molecule has 2 aromatic heterocycles. The standard InChI is InChI=1S/C15H21N5O2/c1-10-16-12(19-4-7-21-8-5-19)11-13(17-10)20-6-9-22-15(2,3)14(20)18-11/h4-9H2,1-3H3. The fourth-order valence-corrected chi connectivity index (χ4v) is 3.22. The summed E-state index contributed by atoms with van der Waals surface area (Å²) in [6.07, 6.45) is 0. The highest BCUT2D eigenvalue weighted by Crippen LogP contribution is 2.33. The molecule has 2 aliphatic heterocycles. The fourth-order valence-electron chi connectivity index (χ4n) is 3.22. The van der Waals surface area contributed by atoms with Crippen LogP contribution in [-0.2, 0) is 21.6 Å². The Hall–Kier alpha value is -1.73. The maximum absolute atomic E-state index is 5.87. The summed E-state index contributed by atoms with van der Waals surface area (Å²) in [6, 6.07) is 0. The van der Waals surface area contributed by atoms with E-state index in [1.165, 1.54) is 0 Å². The summed E-state index contributed by atoms with van der Waals surface area (Å²) in [4.78, 5) is 16.4. The minimum Gasteiger partial charge on any atom is -0.378 e. The highest BCUT2D eigenvalue weighted by Gasteiger charge is 2.34. The Morgan fingerprint density at radius 1 is 1.00 bits per heavy atom. The molecule has 0 atom stereocenters. The van der Waals surface area contributed by atoms with Gasteiger partial charge in [0.1, 0.15) is 17.2 Å². The molecule has 0 N–H and O–H groups in total. The van der Waals surface area contributed by atoms with E-state index < -0.39 is 5.60 Å². The van der Waals surface area contributed by atoms with Crippen LogP contribution >= 0.6 is 0 Å². The van der Waals surface area contributed by atoms with Gasteiger partial charge in [0.2, 0.25) is 0 Å². The van der Waals surface area contributed by atoms with E-state index in [1.807, 2.05) is 6.92 Å². The molecule has 0 radical (unpaired) electrons. The second kappa shape index (κ2) is 4.89. The van der Waals surface area contributed by atoms with Gasteiger partial charge in [-0.25, -0.2) is 15.0 Å². The number of aromatic nitrogens is 4. The first-order valence-electron chi connectivity index (χ1n) is 7.78. The van der Waals surface area contributed by atoms with Crippen molar-refractivity contribution in [3.63, 3.8) is 0 Å². The van der Waals surface area contributed by atoms with E-state index in [1.54, 1.807) is 0 Å². The monoisotopic (exact) mass is 303 g/mol. The van der Waals surface area contributed by atoms with Crippen LogP contribution in [0.25, 0.3) is 11.2 Å². The molecule has 0 aromatic carbocycles. The minimum absolute atomic E-state index is 0.394. The Balaban J connectivity index is 1.92. The molecule has 118 valence electrons. The summed E-state index contributed by atoms with van der Waals surface area (Å²) >= 11 is 0. The third-order valence-corrected chi connectivity index (χ3v) is 4.31. The molecule has 22 heavy (non-hydrogen) atoms. The molecule has 0 saturated carbocycles. The smallest absolute Gasteiger partial charge is 0.166 e. The predicted octanol–water partition coefficient (Wildman–Crippen LogP) is 1.24. The van der Waals surface area contributed by atoms with E-state index in [0.717, 1.165) is 61.5 Å². The first-order chi connectivity index (χ1) is 10.6. The summed E-state index contributed by atoms with van der Waals surface area (Å²) in [7, 11) is 0. The average Bonchev–Trinajstić information content (AvgIpc) is 2.87. The van der Waals surface area contributed by atoms with E-state index in [4.69, 9.17) is 14.5 Å². The van der Waals surface area contributed by atoms with Crippen LogP contribution in [0.5, 0.6) is 0 Å². The van der Waals surface area contributed by atoms with Gasteiger partial charge in [-0.1, -0.05) is 0 Å². The van der Waals surface area contributed by atoms with Crippen molar-refractivity contribution in [1.29, 1.82) is 0 Å². The molecule has 1 saturated heterocycles. The first-order valence-corrected chi connectivity index (χ1v) is 7.78. The topological polar surface area (TPSA) is 65.3 Å². The summed E-state index contributed by atoms with van der Waals surface area (Å²) in [5.41, 5.74) is 1.40. The van der Waals surface area contributed by atoms with Crippen molar-refractivity contribution < 1.29 is 9.47 Å². The molecule has 0 amide bonds. The maximum Gasteiger partial charge on any atom is 0.166 e. The lowest BCUT2D eigenvalue weighted by Crippen LogP contribution is -2.37. The van der Waals surface area contributed by atoms with Gasteiger partial charge in [-0.15, -0.1) is 0 Å². The number of aryl methyl sites for hydroxylation is 1. The summed E-state index contributed by atoms with van der Waals surface area (Å²) in [5, 5.41) is 0. The molecule has 4 heterocycles. The van der Waals surface area contributed by atoms with E-state index in [2.05, 4.69) is 33.3 Å². The Morgan fingerprint density at radius 2 is 1.77 bits per heavy atom. The van der Waals surface area contributed by atoms with Gasteiger partial charge in [-0.2, -0.15) is 0 Å². The predicted molar refractivity (Wildman–Crippen MR) is 82.1 cm³/mol. The lowest BCUT2D eigenvalue weighted by Gasteiger charge is -2.30. The van der Waals surface area contributed by atoms with Crippen LogP contribution in [-0.4, -0.2) is 52.4 Å². The fraction of sp³-hybridized carbons (Fsp3) is 0.667. The molecule has 0 bridgehead atoms. The normalized spacial score (nSPS) is 21.1. The highest BCUT2D eigenvalue weighted by atomic mass is 16.5. The molecular formula is C15H21N5O2. The van der Waals surface area contributed by atoms with Gasteiger partial charge in [0.15, 0.2) is 17.0 Å². The van der Waals surface area contributed by atoms with E-state index >= 15 is 0 Å². The van der Waals surface area contributed by atoms with E-state index in [-0.39, 0.29) is 0 Å². The van der Waals surface area contributed by atoms with Crippen molar-refractivity contribution >= 4 is 17.0 Å². The van der Waals surface area contributed by atoms with Gasteiger partial charge in [-0.3, -0.25) is 0 Å². The Bertz CT molecular complexity index is 718. The number of fused-ring (bicyclic) bond motifs is 3. The third-order valence-electron chi connectivity index (χ3n) is 4.31. The zero-order chi connectivity index (χ0) is 15.3. The number of anilines is 1. The molecule has 0 unspecified atom stereocenters. The SMILES string of the molecule is Cc1nc(N2CCOCC2)c2nc3n(c2n1)CCOC3(C)C. The Kier molecular flexibility index (Phi) is 3.09. The molecule has 1 fully saturated rings.